The third-order valence-corrected chi connectivity index (χ3v) is 2.13. The lowest BCUT2D eigenvalue weighted by Crippen LogP contribution is -2.34. The van der Waals surface area contributed by atoms with Gasteiger partial charge in [0.15, 0.2) is 0 Å². The van der Waals surface area contributed by atoms with Crippen LogP contribution in [0.4, 0.5) is 11.9 Å². The molecule has 0 amide bonds. The lowest BCUT2D eigenvalue weighted by atomic mass is 10.1. The van der Waals surface area contributed by atoms with Gasteiger partial charge in [-0.1, -0.05) is 0 Å². The highest BCUT2D eigenvalue weighted by atomic mass is 16.5. The molecule has 18 heavy (non-hydrogen) atoms. The van der Waals surface area contributed by atoms with E-state index >= 15 is 0 Å². The molecule has 0 saturated carbocycles. The molecule has 0 aliphatic heterocycles. The summed E-state index contributed by atoms with van der Waals surface area (Å²) in [6.45, 7) is 7.10. The van der Waals surface area contributed by atoms with Crippen LogP contribution in [-0.2, 0) is 4.74 Å². The predicted molar refractivity (Wildman–Crippen MR) is 68.4 cm³/mol. The van der Waals surface area contributed by atoms with Crippen LogP contribution in [-0.4, -0.2) is 40.8 Å². The molecule has 0 spiro atoms. The molecule has 1 heterocycles. The third kappa shape index (κ3) is 4.30. The van der Waals surface area contributed by atoms with Crippen LogP contribution in [0.25, 0.3) is 0 Å². The fraction of sp³-hybridized carbons (Fsp3) is 0.700. The minimum absolute atomic E-state index is 0.190. The molecule has 0 bridgehead atoms. The number of nitrogens with one attached hydrogen (secondary N) is 2. The Morgan fingerprint density at radius 3 is 2.44 bits per heavy atom. The maximum absolute atomic E-state index is 5.56. The van der Waals surface area contributed by atoms with Crippen LogP contribution < -0.4 is 21.3 Å². The van der Waals surface area contributed by atoms with Gasteiger partial charge < -0.3 is 14.8 Å². The van der Waals surface area contributed by atoms with Gasteiger partial charge in [-0.25, -0.2) is 5.84 Å². The van der Waals surface area contributed by atoms with Crippen LogP contribution in [0.15, 0.2) is 0 Å². The van der Waals surface area contributed by atoms with Gasteiger partial charge in [-0.15, -0.1) is 0 Å². The maximum Gasteiger partial charge on any atom is 0.322 e. The van der Waals surface area contributed by atoms with Crippen molar-refractivity contribution in [2.75, 3.05) is 31.0 Å². The summed E-state index contributed by atoms with van der Waals surface area (Å²) in [5.41, 5.74) is 2.04. The van der Waals surface area contributed by atoms with Crippen molar-refractivity contribution >= 4 is 11.9 Å². The first-order valence-electron chi connectivity index (χ1n) is 5.65. The number of ether oxygens (including phenoxy) is 2. The van der Waals surface area contributed by atoms with Crippen LogP contribution in [0.3, 0.4) is 0 Å². The summed E-state index contributed by atoms with van der Waals surface area (Å²) < 4.78 is 10.5. The fourth-order valence-corrected chi connectivity index (χ4v) is 1.33. The Hall–Kier alpha value is -1.67. The van der Waals surface area contributed by atoms with Gasteiger partial charge in [0, 0.05) is 13.2 Å². The molecule has 0 aromatic carbocycles. The highest BCUT2D eigenvalue weighted by Gasteiger charge is 2.18. The van der Waals surface area contributed by atoms with Crippen molar-refractivity contribution in [3.05, 3.63) is 0 Å². The summed E-state index contributed by atoms with van der Waals surface area (Å²) in [5, 5.41) is 3.06. The van der Waals surface area contributed by atoms with Crippen LogP contribution in [0.5, 0.6) is 6.01 Å². The molecular formula is C10H20N6O2. The maximum atomic E-state index is 5.56. The topological polar surface area (TPSA) is 107 Å². The number of nitrogens with zero attached hydrogens (tertiary/aromatic N) is 3. The molecule has 0 radical (unpaired) electrons. The molecule has 0 atom stereocenters. The van der Waals surface area contributed by atoms with Crippen LogP contribution in [0, 0.1) is 0 Å². The minimum atomic E-state index is -0.315. The Kier molecular flexibility index (Phi) is 5.05. The number of hydrogen-bond acceptors (Lipinski definition) is 8. The fourth-order valence-electron chi connectivity index (χ4n) is 1.33. The number of rotatable bonds is 7. The number of anilines is 2. The molecule has 0 aliphatic carbocycles. The van der Waals surface area contributed by atoms with E-state index < -0.39 is 0 Å². The van der Waals surface area contributed by atoms with Gasteiger partial charge in [0.1, 0.15) is 0 Å². The first-order chi connectivity index (χ1) is 8.50. The Balaban J connectivity index is 2.72. The lowest BCUT2D eigenvalue weighted by Gasteiger charge is -2.24. The van der Waals surface area contributed by atoms with Crippen molar-refractivity contribution < 1.29 is 9.47 Å². The number of methoxy groups -OCH3 is 1. The Morgan fingerprint density at radius 2 is 1.89 bits per heavy atom. The van der Waals surface area contributed by atoms with E-state index in [-0.39, 0.29) is 17.6 Å². The average Bonchev–Trinajstić information content (AvgIpc) is 2.36. The lowest BCUT2D eigenvalue weighted by molar-refractivity contribution is 0.000570. The zero-order valence-electron chi connectivity index (χ0n) is 11.1. The monoisotopic (exact) mass is 256 g/mol. The van der Waals surface area contributed by atoms with Gasteiger partial charge >= 0.3 is 6.01 Å². The van der Waals surface area contributed by atoms with Crippen LogP contribution >= 0.6 is 0 Å². The standard InChI is InChI=1S/C10H20N6O2/c1-5-18-10(2,3)6-12-7-13-8(16-11)15-9(14-7)17-4/h5-6,11H2,1-4H3,(H2,12,13,14,15,16). The first kappa shape index (κ1) is 14.4. The minimum Gasteiger partial charge on any atom is -0.467 e. The van der Waals surface area contributed by atoms with E-state index in [0.29, 0.717) is 19.1 Å². The number of hydrazine groups is 1. The van der Waals surface area contributed by atoms with E-state index in [2.05, 4.69) is 25.7 Å². The zero-order valence-corrected chi connectivity index (χ0v) is 11.1. The molecule has 1 aromatic rings. The number of nitrogens with two attached hydrogens (primary N) is 1. The molecule has 0 unspecified atom stereocenters. The van der Waals surface area contributed by atoms with E-state index in [1.165, 1.54) is 7.11 Å². The summed E-state index contributed by atoms with van der Waals surface area (Å²) in [6, 6.07) is 0.190. The smallest absolute Gasteiger partial charge is 0.322 e. The Labute approximate surface area is 106 Å². The summed E-state index contributed by atoms with van der Waals surface area (Å²) in [6.07, 6.45) is 0. The summed E-state index contributed by atoms with van der Waals surface area (Å²) in [7, 11) is 1.48. The van der Waals surface area contributed by atoms with Crippen molar-refractivity contribution in [2.24, 2.45) is 5.84 Å². The first-order valence-corrected chi connectivity index (χ1v) is 5.65. The van der Waals surface area contributed by atoms with Crippen molar-refractivity contribution in [3.63, 3.8) is 0 Å². The van der Waals surface area contributed by atoms with E-state index in [1.54, 1.807) is 0 Å². The molecule has 8 nitrogen and oxygen atoms in total. The quantitative estimate of drug-likeness (QED) is 0.475. The molecule has 1 aromatic heterocycles. The molecule has 1 rings (SSSR count). The second-order valence-electron chi connectivity index (χ2n) is 4.16. The number of aromatic nitrogens is 3. The van der Waals surface area contributed by atoms with E-state index in [0.717, 1.165) is 0 Å². The molecule has 0 aliphatic rings. The van der Waals surface area contributed by atoms with Gasteiger partial charge in [-0.2, -0.15) is 15.0 Å². The highest BCUT2D eigenvalue weighted by Crippen LogP contribution is 2.13. The van der Waals surface area contributed by atoms with Gasteiger partial charge in [0.05, 0.1) is 12.7 Å². The highest BCUT2D eigenvalue weighted by molar-refractivity contribution is 5.35. The Bertz CT molecular complexity index is 362. The number of hydrogen-bond donors (Lipinski definition) is 3. The van der Waals surface area contributed by atoms with E-state index in [9.17, 15) is 0 Å². The van der Waals surface area contributed by atoms with Gasteiger partial charge in [0.2, 0.25) is 11.9 Å². The van der Waals surface area contributed by atoms with Crippen molar-refractivity contribution in [1.29, 1.82) is 0 Å². The summed E-state index contributed by atoms with van der Waals surface area (Å²) in [4.78, 5) is 12.0. The molecule has 102 valence electrons. The van der Waals surface area contributed by atoms with E-state index in [4.69, 9.17) is 15.3 Å². The van der Waals surface area contributed by atoms with Crippen molar-refractivity contribution in [1.82, 2.24) is 15.0 Å². The van der Waals surface area contributed by atoms with Crippen molar-refractivity contribution in [3.8, 4) is 6.01 Å². The number of nitrogen functional groups attached to an aromatic ring is 1. The average molecular weight is 256 g/mol. The molecule has 8 heteroatoms. The van der Waals surface area contributed by atoms with Gasteiger partial charge in [-0.05, 0) is 20.8 Å². The second kappa shape index (κ2) is 6.31. The molecular weight excluding hydrogens is 236 g/mol. The molecule has 0 fully saturated rings. The molecule has 0 saturated heterocycles. The summed E-state index contributed by atoms with van der Waals surface area (Å²) in [5.74, 6) is 5.87. The van der Waals surface area contributed by atoms with Gasteiger partial charge in [-0.3, -0.25) is 5.43 Å². The molecule has 4 N–H and O–H groups in total. The zero-order chi connectivity index (χ0) is 13.6. The Morgan fingerprint density at radius 1 is 1.22 bits per heavy atom. The SMILES string of the molecule is CCOC(C)(C)CNc1nc(NN)nc(OC)n1. The largest absolute Gasteiger partial charge is 0.467 e. The second-order valence-corrected chi connectivity index (χ2v) is 4.16. The predicted octanol–water partition coefficient (Wildman–Crippen LogP) is 0.393. The summed E-state index contributed by atoms with van der Waals surface area (Å²) >= 11 is 0. The van der Waals surface area contributed by atoms with E-state index in [1.807, 2.05) is 20.8 Å². The van der Waals surface area contributed by atoms with Gasteiger partial charge in [0.25, 0.3) is 0 Å². The normalized spacial score (nSPS) is 11.2. The van der Waals surface area contributed by atoms with Crippen molar-refractivity contribution in [2.45, 2.75) is 26.4 Å². The van der Waals surface area contributed by atoms with Crippen LogP contribution in [0.2, 0.25) is 0 Å². The van der Waals surface area contributed by atoms with Crippen LogP contribution in [0.1, 0.15) is 20.8 Å². The third-order valence-electron chi connectivity index (χ3n) is 2.13.